The molecule has 2 rings (SSSR count). The number of Topliss-reactive ketones (excluding diaryl/α,β-unsaturated/α-hetero) is 1. The molecule has 0 heterocycles. The Morgan fingerprint density at radius 2 is 1.77 bits per heavy atom. The number of carboxylic acid groups (broad SMARTS) is 1. The molecule has 0 bridgehead atoms. The number of carbonyl (C=O) groups is 2. The monoisotopic (exact) mass is 299 g/mol. The summed E-state index contributed by atoms with van der Waals surface area (Å²) in [4.78, 5) is 33.2. The molecule has 0 saturated heterocycles. The first-order chi connectivity index (χ1) is 10.5. The van der Waals surface area contributed by atoms with Crippen molar-refractivity contribution in [1.82, 2.24) is 0 Å². The van der Waals surface area contributed by atoms with E-state index >= 15 is 0 Å². The van der Waals surface area contributed by atoms with Gasteiger partial charge in [-0.3, -0.25) is 14.9 Å². The van der Waals surface area contributed by atoms with E-state index in [1.807, 2.05) is 6.07 Å². The summed E-state index contributed by atoms with van der Waals surface area (Å²) in [5.74, 6) is -2.99. The second kappa shape index (κ2) is 6.17. The zero-order valence-corrected chi connectivity index (χ0v) is 11.8. The predicted molar refractivity (Wildman–Crippen MR) is 79.9 cm³/mol. The van der Waals surface area contributed by atoms with Crippen LogP contribution < -0.4 is 0 Å². The Balaban J connectivity index is 2.76. The van der Waals surface area contributed by atoms with Crippen LogP contribution >= 0.6 is 0 Å². The summed E-state index contributed by atoms with van der Waals surface area (Å²) >= 11 is 0. The summed E-state index contributed by atoms with van der Waals surface area (Å²) in [5, 5.41) is 20.2. The fraction of sp³-hybridized carbons (Fsp3) is 0.125. The van der Waals surface area contributed by atoms with Gasteiger partial charge in [-0.2, -0.15) is 0 Å². The lowest BCUT2D eigenvalue weighted by Gasteiger charge is -2.11. The van der Waals surface area contributed by atoms with Crippen LogP contribution in [0.15, 0.2) is 42.5 Å². The molecule has 0 saturated carbocycles. The van der Waals surface area contributed by atoms with Crippen LogP contribution in [-0.2, 0) is 11.2 Å². The number of nitro groups is 1. The number of hydrogen-bond donors (Lipinski definition) is 1. The van der Waals surface area contributed by atoms with E-state index in [-0.39, 0.29) is 0 Å². The van der Waals surface area contributed by atoms with Crippen molar-refractivity contribution in [3.05, 3.63) is 63.7 Å². The number of ketones is 1. The average Bonchev–Trinajstić information content (AvgIpc) is 2.53. The first-order valence-corrected chi connectivity index (χ1v) is 6.60. The molecule has 0 atom stereocenters. The van der Waals surface area contributed by atoms with E-state index in [0.717, 1.165) is 5.56 Å². The van der Waals surface area contributed by atoms with E-state index in [2.05, 4.69) is 0 Å². The molecule has 0 unspecified atom stereocenters. The van der Waals surface area contributed by atoms with Crippen LogP contribution in [0.1, 0.15) is 22.8 Å². The molecule has 0 spiro atoms. The van der Waals surface area contributed by atoms with Crippen LogP contribution in [0.5, 0.6) is 0 Å². The number of nitrogens with zero attached hydrogens (tertiary/aromatic N) is 1. The van der Waals surface area contributed by atoms with Crippen LogP contribution in [0.25, 0.3) is 11.1 Å². The number of nitro benzene ring substituents is 1. The third-order valence-corrected chi connectivity index (χ3v) is 3.34. The van der Waals surface area contributed by atoms with Gasteiger partial charge in [0, 0.05) is 5.56 Å². The molecular formula is C16H13NO5. The molecule has 2 aromatic carbocycles. The van der Waals surface area contributed by atoms with E-state index in [4.69, 9.17) is 5.11 Å². The van der Waals surface area contributed by atoms with Crippen molar-refractivity contribution in [2.45, 2.75) is 13.3 Å². The molecule has 6 heteroatoms. The summed E-state index contributed by atoms with van der Waals surface area (Å²) in [6.45, 7) is 1.73. The van der Waals surface area contributed by atoms with Crippen molar-refractivity contribution in [2.75, 3.05) is 0 Å². The van der Waals surface area contributed by atoms with Crippen molar-refractivity contribution < 1.29 is 19.6 Å². The Morgan fingerprint density at radius 3 is 2.27 bits per heavy atom. The van der Waals surface area contributed by atoms with Crippen molar-refractivity contribution in [3.8, 4) is 11.1 Å². The molecule has 0 fully saturated rings. The van der Waals surface area contributed by atoms with Crippen molar-refractivity contribution in [2.24, 2.45) is 0 Å². The van der Waals surface area contributed by atoms with Crippen LogP contribution in [0.3, 0.4) is 0 Å². The zero-order valence-electron chi connectivity index (χ0n) is 11.8. The first kappa shape index (κ1) is 15.4. The first-order valence-electron chi connectivity index (χ1n) is 6.60. The molecule has 1 N–H and O–H groups in total. The van der Waals surface area contributed by atoms with Gasteiger partial charge in [0.25, 0.3) is 11.5 Å². The van der Waals surface area contributed by atoms with Crippen molar-refractivity contribution in [3.63, 3.8) is 0 Å². The summed E-state index contributed by atoms with van der Waals surface area (Å²) in [6, 6.07) is 11.8. The number of carbonyl (C=O) groups excluding carboxylic acids is 1. The highest BCUT2D eigenvalue weighted by Gasteiger charge is 2.29. The molecule has 0 aliphatic carbocycles. The largest absolute Gasteiger partial charge is 0.475 e. The van der Waals surface area contributed by atoms with Gasteiger partial charge in [0.2, 0.25) is 0 Å². The maximum atomic E-state index is 11.7. The summed E-state index contributed by atoms with van der Waals surface area (Å²) in [7, 11) is 0. The molecule has 0 amide bonds. The third kappa shape index (κ3) is 2.71. The molecule has 0 aromatic heterocycles. The molecular weight excluding hydrogens is 286 g/mol. The highest BCUT2D eigenvalue weighted by atomic mass is 16.6. The summed E-state index contributed by atoms with van der Waals surface area (Å²) in [6.07, 6.45) is 0.307. The van der Waals surface area contributed by atoms with Crippen molar-refractivity contribution >= 4 is 17.4 Å². The fourth-order valence-corrected chi connectivity index (χ4v) is 2.39. The van der Waals surface area contributed by atoms with Gasteiger partial charge < -0.3 is 5.11 Å². The van der Waals surface area contributed by atoms with Crippen molar-refractivity contribution in [1.29, 1.82) is 0 Å². The van der Waals surface area contributed by atoms with Gasteiger partial charge in [0.05, 0.1) is 4.92 Å². The summed E-state index contributed by atoms with van der Waals surface area (Å²) < 4.78 is 0. The van der Waals surface area contributed by atoms with Gasteiger partial charge in [0.1, 0.15) is 5.56 Å². The van der Waals surface area contributed by atoms with Crippen LogP contribution in [-0.4, -0.2) is 21.8 Å². The van der Waals surface area contributed by atoms with Crippen LogP contribution in [0, 0.1) is 10.1 Å². The van der Waals surface area contributed by atoms with Gasteiger partial charge in [-0.1, -0.05) is 43.3 Å². The minimum atomic E-state index is -1.71. The second-order valence-electron chi connectivity index (χ2n) is 4.60. The molecule has 0 radical (unpaired) electrons. The van der Waals surface area contributed by atoms with E-state index in [1.165, 1.54) is 6.07 Å². The van der Waals surface area contributed by atoms with E-state index < -0.39 is 27.9 Å². The Bertz CT molecular complexity index is 753. The van der Waals surface area contributed by atoms with Gasteiger partial charge >= 0.3 is 5.97 Å². The lowest BCUT2D eigenvalue weighted by molar-refractivity contribution is -0.385. The number of hydrogen-bond acceptors (Lipinski definition) is 4. The van der Waals surface area contributed by atoms with Gasteiger partial charge in [0.15, 0.2) is 0 Å². The van der Waals surface area contributed by atoms with Gasteiger partial charge in [-0.05, 0) is 23.6 Å². The van der Waals surface area contributed by atoms with E-state index in [1.54, 1.807) is 37.3 Å². The Kier molecular flexibility index (Phi) is 4.31. The maximum Gasteiger partial charge on any atom is 0.377 e. The SMILES string of the molecule is CCc1c(-c2ccccc2)ccc(C(=O)C(=O)O)c1[N+](=O)[O-]. The topological polar surface area (TPSA) is 97.5 Å². The average molecular weight is 299 g/mol. The van der Waals surface area contributed by atoms with Crippen LogP contribution in [0.2, 0.25) is 0 Å². The molecule has 22 heavy (non-hydrogen) atoms. The smallest absolute Gasteiger partial charge is 0.377 e. The predicted octanol–water partition coefficient (Wildman–Crippen LogP) is 3.09. The highest BCUT2D eigenvalue weighted by molar-refractivity contribution is 6.41. The minimum Gasteiger partial charge on any atom is -0.475 e. The lowest BCUT2D eigenvalue weighted by atomic mass is 9.92. The Labute approximate surface area is 126 Å². The zero-order chi connectivity index (χ0) is 16.3. The van der Waals surface area contributed by atoms with E-state index in [0.29, 0.717) is 17.5 Å². The number of benzene rings is 2. The quantitative estimate of drug-likeness (QED) is 0.396. The molecule has 2 aromatic rings. The third-order valence-electron chi connectivity index (χ3n) is 3.34. The highest BCUT2D eigenvalue weighted by Crippen LogP contribution is 2.34. The molecule has 0 aliphatic rings. The second-order valence-corrected chi connectivity index (χ2v) is 4.60. The van der Waals surface area contributed by atoms with Crippen LogP contribution in [0.4, 0.5) is 5.69 Å². The Hall–Kier alpha value is -3.02. The standard InChI is InChI=1S/C16H13NO5/c1-2-11-12(10-6-4-3-5-7-10)8-9-13(14(11)17(21)22)15(18)16(19)20/h3-9H,2H2,1H3,(H,19,20). The maximum absolute atomic E-state index is 11.7. The molecule has 6 nitrogen and oxygen atoms in total. The van der Waals surface area contributed by atoms with Gasteiger partial charge in [-0.25, -0.2) is 4.79 Å². The summed E-state index contributed by atoms with van der Waals surface area (Å²) in [5.41, 5.74) is 0.919. The van der Waals surface area contributed by atoms with E-state index in [9.17, 15) is 19.7 Å². The number of rotatable bonds is 5. The molecule has 0 aliphatic heterocycles. The Morgan fingerprint density at radius 1 is 1.14 bits per heavy atom. The number of aliphatic carboxylic acids is 1. The normalized spacial score (nSPS) is 10.2. The lowest BCUT2D eigenvalue weighted by Crippen LogP contribution is -2.16. The fourth-order valence-electron chi connectivity index (χ4n) is 2.39. The number of carboxylic acids is 1. The molecule has 112 valence electrons. The van der Waals surface area contributed by atoms with Gasteiger partial charge in [-0.15, -0.1) is 0 Å². The minimum absolute atomic E-state index is 0.307.